The molecule has 2 fully saturated rings. The number of methoxy groups -OCH3 is 1. The number of nitrogens with one attached hydrogen (secondary N) is 2. The normalized spacial score (nSPS) is 20.3. The number of aromatic nitrogens is 5. The van der Waals surface area contributed by atoms with Crippen LogP contribution in [0.2, 0.25) is 5.04 Å². The zero-order valence-corrected chi connectivity index (χ0v) is 32.7. The average Bonchev–Trinajstić information content (AvgIpc) is 3.49. The summed E-state index contributed by atoms with van der Waals surface area (Å²) in [5, 5.41) is 5.33. The number of anilines is 2. The van der Waals surface area contributed by atoms with Gasteiger partial charge in [0.15, 0.2) is 5.65 Å². The molecule has 14 heteroatoms. The lowest BCUT2D eigenvalue weighted by Crippen LogP contribution is -2.68. The first-order valence-corrected chi connectivity index (χ1v) is 22.0. The van der Waals surface area contributed by atoms with Gasteiger partial charge in [0.2, 0.25) is 21.9 Å². The Kier molecular flexibility index (Phi) is 10.6. The van der Waals surface area contributed by atoms with E-state index in [9.17, 15) is 13.2 Å². The minimum absolute atomic E-state index is 0.0000280. The third-order valence-corrected chi connectivity index (χ3v) is 17.9. The highest BCUT2D eigenvalue weighted by molar-refractivity contribution is 7.89. The van der Waals surface area contributed by atoms with Gasteiger partial charge in [-0.05, 0) is 72.0 Å². The van der Waals surface area contributed by atoms with E-state index in [1.165, 1.54) is 10.4 Å². The summed E-state index contributed by atoms with van der Waals surface area (Å²) in [7, 11) is -4.83. The molecular formula is C39H49N7O5SSi. The molecule has 12 nitrogen and oxygen atoms in total. The van der Waals surface area contributed by atoms with Crippen LogP contribution < -0.4 is 26.1 Å². The predicted octanol–water partition coefficient (Wildman–Crippen LogP) is 5.37. The Morgan fingerprint density at radius 1 is 0.925 bits per heavy atom. The van der Waals surface area contributed by atoms with Gasteiger partial charge in [0.1, 0.15) is 11.2 Å². The third-order valence-electron chi connectivity index (χ3n) is 10.8. The molecule has 2 N–H and O–H groups in total. The quantitative estimate of drug-likeness (QED) is 0.170. The number of H-pyrrole nitrogens is 1. The van der Waals surface area contributed by atoms with E-state index in [0.717, 1.165) is 12.8 Å². The van der Waals surface area contributed by atoms with Gasteiger partial charge in [0, 0.05) is 25.3 Å². The Bertz CT molecular complexity index is 2140. The van der Waals surface area contributed by atoms with Crippen molar-refractivity contribution >= 4 is 51.5 Å². The number of aromatic amines is 1. The molecule has 1 unspecified atom stereocenters. The van der Waals surface area contributed by atoms with E-state index in [1.807, 2.05) is 18.2 Å². The summed E-state index contributed by atoms with van der Waals surface area (Å²) in [6, 6.07) is 24.5. The zero-order valence-electron chi connectivity index (χ0n) is 30.9. The molecule has 1 aliphatic heterocycles. The van der Waals surface area contributed by atoms with E-state index in [4.69, 9.17) is 9.16 Å². The monoisotopic (exact) mass is 755 g/mol. The molecular weight excluding hydrogens is 707 g/mol. The summed E-state index contributed by atoms with van der Waals surface area (Å²) in [4.78, 5) is 29.3. The number of fused-ring (bicyclic) bond motifs is 1. The van der Waals surface area contributed by atoms with Gasteiger partial charge < -0.3 is 19.5 Å². The second kappa shape index (κ2) is 15.2. The van der Waals surface area contributed by atoms with E-state index in [-0.39, 0.29) is 34.5 Å². The smallest absolute Gasteiger partial charge is 0.327 e. The van der Waals surface area contributed by atoms with E-state index in [2.05, 4.69) is 94.6 Å². The number of ether oxygens (including phenoxy) is 1. The first-order chi connectivity index (χ1) is 25.5. The molecule has 5 aromatic rings. The summed E-state index contributed by atoms with van der Waals surface area (Å²) in [6.07, 6.45) is 7.33. The number of sulfonamides is 1. The van der Waals surface area contributed by atoms with Crippen molar-refractivity contribution in [3.8, 4) is 5.88 Å². The van der Waals surface area contributed by atoms with Crippen LogP contribution in [0.15, 0.2) is 90.0 Å². The fourth-order valence-electron chi connectivity index (χ4n) is 8.25. The van der Waals surface area contributed by atoms with Crippen molar-refractivity contribution in [1.82, 2.24) is 28.8 Å². The van der Waals surface area contributed by atoms with Crippen molar-refractivity contribution in [2.45, 2.75) is 76.5 Å². The van der Waals surface area contributed by atoms with Crippen LogP contribution in [0.25, 0.3) is 11.2 Å². The van der Waals surface area contributed by atoms with Crippen molar-refractivity contribution in [1.29, 1.82) is 0 Å². The highest BCUT2D eigenvalue weighted by Gasteiger charge is 2.52. The highest BCUT2D eigenvalue weighted by atomic mass is 32.2. The Balaban J connectivity index is 1.04. The molecule has 53 heavy (non-hydrogen) atoms. The van der Waals surface area contributed by atoms with Crippen molar-refractivity contribution in [2.75, 3.05) is 31.3 Å². The fraction of sp³-hybridized carbons (Fsp3) is 0.436. The molecule has 1 saturated carbocycles. The number of hydrogen-bond donors (Lipinski definition) is 2. The fourth-order valence-corrected chi connectivity index (χ4v) is 14.9. The van der Waals surface area contributed by atoms with Gasteiger partial charge in [-0.15, -0.1) is 0 Å². The average molecular weight is 756 g/mol. The maximum absolute atomic E-state index is 14.1. The minimum atomic E-state index is -3.54. The summed E-state index contributed by atoms with van der Waals surface area (Å²) in [5.74, 6) is 0.815. The second-order valence-corrected chi connectivity index (χ2v) is 21.5. The van der Waals surface area contributed by atoms with Crippen LogP contribution in [0.1, 0.15) is 65.3 Å². The molecule has 1 saturated heterocycles. The summed E-state index contributed by atoms with van der Waals surface area (Å²) >= 11 is 0. The van der Waals surface area contributed by atoms with E-state index in [0.29, 0.717) is 67.5 Å². The molecule has 3 aromatic heterocycles. The maximum Gasteiger partial charge on any atom is 0.327 e. The Labute approximate surface area is 312 Å². The molecule has 2 aromatic carbocycles. The van der Waals surface area contributed by atoms with Gasteiger partial charge >= 0.3 is 5.69 Å². The third kappa shape index (κ3) is 7.55. The summed E-state index contributed by atoms with van der Waals surface area (Å²) in [5.41, 5.74) is 1.41. The van der Waals surface area contributed by atoms with Crippen molar-refractivity contribution < 1.29 is 17.6 Å². The van der Waals surface area contributed by atoms with Crippen LogP contribution in [0.5, 0.6) is 5.88 Å². The molecule has 1 atom stereocenters. The van der Waals surface area contributed by atoms with Crippen LogP contribution in [-0.4, -0.2) is 77.6 Å². The lowest BCUT2D eigenvalue weighted by molar-refractivity contribution is 0.119. The number of rotatable bonds is 11. The van der Waals surface area contributed by atoms with Crippen LogP contribution in [0.3, 0.4) is 0 Å². The van der Waals surface area contributed by atoms with Crippen molar-refractivity contribution in [2.24, 2.45) is 5.92 Å². The Morgan fingerprint density at radius 2 is 1.60 bits per heavy atom. The van der Waals surface area contributed by atoms with Gasteiger partial charge in [-0.2, -0.15) is 9.29 Å². The SMILES string of the molecule is COc1ncccc1Nc1ncc2[nH]c(=O)n(C3CCC(CS(=O)(=O)N4CCCC(O[Si](c5ccccc5)(c5ccccc5)C(C)(C)C)C4)CC3)c2n1. The molecule has 7 rings (SSSR count). The lowest BCUT2D eigenvalue weighted by atomic mass is 9.87. The number of nitrogens with zero attached hydrogens (tertiary/aromatic N) is 5. The second-order valence-electron chi connectivity index (χ2n) is 15.3. The molecule has 0 radical (unpaired) electrons. The van der Waals surface area contributed by atoms with Gasteiger partial charge in [-0.3, -0.25) is 4.57 Å². The topological polar surface area (TPSA) is 144 Å². The molecule has 4 heterocycles. The van der Waals surface area contributed by atoms with Crippen LogP contribution in [-0.2, 0) is 14.4 Å². The standard InChI is InChI=1S/C39H49N7O5SSi/c1-39(2,3)53(31-14-7-5-8-15-31,32-16-9-6-10-17-32)51-30-13-12-24-45(26-30)52(48,49)27-28-19-21-29(22-20-28)46-35-34(43-38(46)47)25-41-37(44-35)42-33-18-11-23-40-36(33)50-4/h5-11,14-18,23,25,28-30H,12-13,19-22,24,26-27H2,1-4H3,(H,43,47)(H,41,42,44). The molecule has 2 aliphatic rings. The van der Waals surface area contributed by atoms with Gasteiger partial charge in [0.05, 0.1) is 25.2 Å². The largest absolute Gasteiger partial charge is 0.480 e. The zero-order chi connectivity index (χ0) is 37.2. The molecule has 280 valence electrons. The van der Waals surface area contributed by atoms with E-state index >= 15 is 0 Å². The Hall–Kier alpha value is -4.37. The van der Waals surface area contributed by atoms with E-state index in [1.54, 1.807) is 34.4 Å². The van der Waals surface area contributed by atoms with Crippen LogP contribution >= 0.6 is 0 Å². The van der Waals surface area contributed by atoms with Gasteiger partial charge in [0.25, 0.3) is 8.32 Å². The molecule has 0 spiro atoms. The minimum Gasteiger partial charge on any atom is -0.480 e. The predicted molar refractivity (Wildman–Crippen MR) is 210 cm³/mol. The van der Waals surface area contributed by atoms with Crippen molar-refractivity contribution in [3.63, 3.8) is 0 Å². The lowest BCUT2D eigenvalue weighted by Gasteiger charge is -2.46. The van der Waals surface area contributed by atoms with Crippen LogP contribution in [0.4, 0.5) is 11.6 Å². The Morgan fingerprint density at radius 3 is 2.25 bits per heavy atom. The maximum atomic E-state index is 14.1. The highest BCUT2D eigenvalue weighted by Crippen LogP contribution is 2.39. The summed E-state index contributed by atoms with van der Waals surface area (Å²) in [6.45, 7) is 7.61. The van der Waals surface area contributed by atoms with Gasteiger partial charge in [-0.1, -0.05) is 81.4 Å². The number of pyridine rings is 1. The number of benzene rings is 2. The first-order valence-electron chi connectivity index (χ1n) is 18.5. The number of imidazole rings is 1. The first kappa shape index (κ1) is 37.0. The molecule has 0 bridgehead atoms. The van der Waals surface area contributed by atoms with Crippen LogP contribution in [0, 0.1) is 5.92 Å². The molecule has 0 amide bonds. The summed E-state index contributed by atoms with van der Waals surface area (Å²) < 4.78 is 44.2. The molecule has 1 aliphatic carbocycles. The van der Waals surface area contributed by atoms with Gasteiger partial charge in [-0.25, -0.2) is 23.2 Å². The van der Waals surface area contributed by atoms with Crippen molar-refractivity contribution in [3.05, 3.63) is 95.7 Å². The van der Waals surface area contributed by atoms with E-state index < -0.39 is 18.3 Å². The number of piperidine rings is 1. The number of hydrogen-bond acceptors (Lipinski definition) is 9.